The van der Waals surface area contributed by atoms with Crippen molar-refractivity contribution in [3.63, 3.8) is 0 Å². The van der Waals surface area contributed by atoms with Crippen molar-refractivity contribution < 1.29 is 4.79 Å². The summed E-state index contributed by atoms with van der Waals surface area (Å²) in [6, 6.07) is 8.31. The fraction of sp³-hybridized carbons (Fsp3) is 0.652. The first-order chi connectivity index (χ1) is 13.3. The third-order valence-corrected chi connectivity index (χ3v) is 5.59. The number of fused-ring (bicyclic) bond motifs is 1. The lowest BCUT2D eigenvalue weighted by Gasteiger charge is -2.10. The maximum Gasteiger partial charge on any atom is 0.223 e. The molecule has 1 N–H and O–H groups in total. The molecule has 1 aliphatic carbocycles. The van der Waals surface area contributed by atoms with Gasteiger partial charge in [-0.1, -0.05) is 70.4 Å². The Morgan fingerprint density at radius 3 is 2.41 bits per heavy atom. The van der Waals surface area contributed by atoms with Crippen molar-refractivity contribution in [2.75, 3.05) is 0 Å². The molecule has 1 saturated carbocycles. The van der Waals surface area contributed by atoms with E-state index in [1.807, 2.05) is 6.07 Å². The fourth-order valence-electron chi connectivity index (χ4n) is 3.75. The number of carbonyl (C=O) groups is 1. The van der Waals surface area contributed by atoms with E-state index in [2.05, 4.69) is 35.0 Å². The van der Waals surface area contributed by atoms with Crippen LogP contribution in [-0.4, -0.2) is 15.5 Å². The van der Waals surface area contributed by atoms with Crippen LogP contribution in [-0.2, 0) is 17.9 Å². The quantitative estimate of drug-likeness (QED) is 0.468. The number of para-hydroxylation sites is 2. The highest BCUT2D eigenvalue weighted by Gasteiger charge is 2.29. The molecule has 27 heavy (non-hydrogen) atoms. The topological polar surface area (TPSA) is 46.9 Å². The first kappa shape index (κ1) is 19.9. The van der Waals surface area contributed by atoms with Crippen molar-refractivity contribution in [3.05, 3.63) is 30.1 Å². The number of aryl methyl sites for hydroxylation is 1. The molecule has 4 heteroatoms. The lowest BCUT2D eigenvalue weighted by molar-refractivity contribution is -0.122. The molecule has 2 aromatic rings. The number of hydrogen-bond donors (Lipinski definition) is 1. The van der Waals surface area contributed by atoms with Crippen LogP contribution >= 0.6 is 0 Å². The highest BCUT2D eigenvalue weighted by atomic mass is 16.2. The average molecular weight is 370 g/mol. The molecule has 148 valence electrons. The Morgan fingerprint density at radius 1 is 1.04 bits per heavy atom. The molecule has 0 unspecified atom stereocenters. The number of nitrogens with one attached hydrogen (secondary N) is 1. The number of amides is 1. The molecule has 0 saturated heterocycles. The summed E-state index contributed by atoms with van der Waals surface area (Å²) < 4.78 is 2.31. The highest BCUT2D eigenvalue weighted by molar-refractivity contribution is 5.81. The zero-order valence-corrected chi connectivity index (χ0v) is 16.9. The van der Waals surface area contributed by atoms with Gasteiger partial charge in [-0.05, 0) is 31.4 Å². The summed E-state index contributed by atoms with van der Waals surface area (Å²) in [5.41, 5.74) is 2.22. The van der Waals surface area contributed by atoms with E-state index in [-0.39, 0.29) is 11.8 Å². The number of rotatable bonds is 13. The van der Waals surface area contributed by atoms with Crippen LogP contribution in [0.4, 0.5) is 0 Å². The van der Waals surface area contributed by atoms with Crippen LogP contribution in [0.1, 0.15) is 83.4 Å². The van der Waals surface area contributed by atoms with Gasteiger partial charge in [0.05, 0.1) is 17.6 Å². The lowest BCUT2D eigenvalue weighted by atomic mass is 10.1. The van der Waals surface area contributed by atoms with Crippen molar-refractivity contribution >= 4 is 16.9 Å². The monoisotopic (exact) mass is 369 g/mol. The molecule has 4 nitrogen and oxygen atoms in total. The molecule has 1 aromatic heterocycles. The maximum absolute atomic E-state index is 12.0. The zero-order valence-electron chi connectivity index (χ0n) is 16.9. The minimum Gasteiger partial charge on any atom is -0.349 e. The van der Waals surface area contributed by atoms with E-state index in [1.54, 1.807) is 0 Å². The molecule has 1 heterocycles. The first-order valence-electron chi connectivity index (χ1n) is 11.0. The molecule has 1 fully saturated rings. The smallest absolute Gasteiger partial charge is 0.223 e. The maximum atomic E-state index is 12.0. The Kier molecular flexibility index (Phi) is 7.73. The molecule has 1 aliphatic rings. The van der Waals surface area contributed by atoms with Crippen LogP contribution in [0, 0.1) is 5.92 Å². The minimum absolute atomic E-state index is 0.191. The van der Waals surface area contributed by atoms with Gasteiger partial charge in [0.25, 0.3) is 0 Å². The van der Waals surface area contributed by atoms with Crippen molar-refractivity contribution in [2.24, 2.45) is 5.92 Å². The van der Waals surface area contributed by atoms with Gasteiger partial charge in [0, 0.05) is 12.5 Å². The van der Waals surface area contributed by atoms with E-state index >= 15 is 0 Å². The molecule has 1 amide bonds. The standard InChI is InChI=1S/C23H35N3O/c1-2-3-4-5-6-7-8-9-12-17-26-21-14-11-10-13-20(21)25-22(26)18-24-23(27)19-15-16-19/h10-11,13-14,19H,2-9,12,15-18H2,1H3,(H,24,27). The third-order valence-electron chi connectivity index (χ3n) is 5.59. The van der Waals surface area contributed by atoms with Crippen molar-refractivity contribution in [3.8, 4) is 0 Å². The van der Waals surface area contributed by atoms with E-state index in [0.717, 1.165) is 30.7 Å². The molecule has 3 rings (SSSR count). The van der Waals surface area contributed by atoms with E-state index in [1.165, 1.54) is 63.3 Å². The van der Waals surface area contributed by atoms with E-state index < -0.39 is 0 Å². The van der Waals surface area contributed by atoms with Crippen LogP contribution in [0.3, 0.4) is 0 Å². The Hall–Kier alpha value is -1.84. The van der Waals surface area contributed by atoms with Crippen molar-refractivity contribution in [1.82, 2.24) is 14.9 Å². The van der Waals surface area contributed by atoms with Gasteiger partial charge in [0.2, 0.25) is 5.91 Å². The van der Waals surface area contributed by atoms with Crippen LogP contribution in [0.5, 0.6) is 0 Å². The molecule has 0 bridgehead atoms. The number of aromatic nitrogens is 2. The minimum atomic E-state index is 0.191. The summed E-state index contributed by atoms with van der Waals surface area (Å²) in [5, 5.41) is 3.08. The Bertz CT molecular complexity index is 717. The van der Waals surface area contributed by atoms with E-state index in [0.29, 0.717) is 6.54 Å². The Balaban J connectivity index is 1.47. The summed E-state index contributed by atoms with van der Waals surface area (Å²) in [6.45, 7) is 3.80. The zero-order chi connectivity index (χ0) is 18.9. The van der Waals surface area contributed by atoms with Crippen LogP contribution in [0.25, 0.3) is 11.0 Å². The normalized spacial score (nSPS) is 14.0. The largest absolute Gasteiger partial charge is 0.349 e. The predicted octanol–water partition coefficient (Wildman–Crippen LogP) is 5.59. The summed E-state index contributed by atoms with van der Waals surface area (Å²) >= 11 is 0. The van der Waals surface area contributed by atoms with Gasteiger partial charge in [0.15, 0.2) is 0 Å². The van der Waals surface area contributed by atoms with Gasteiger partial charge < -0.3 is 9.88 Å². The van der Waals surface area contributed by atoms with Gasteiger partial charge in [-0.2, -0.15) is 0 Å². The third kappa shape index (κ3) is 6.08. The number of imidazole rings is 1. The molecule has 0 aliphatic heterocycles. The van der Waals surface area contributed by atoms with Crippen molar-refractivity contribution in [1.29, 1.82) is 0 Å². The first-order valence-corrected chi connectivity index (χ1v) is 11.0. The second-order valence-electron chi connectivity index (χ2n) is 7.99. The Labute approximate surface area is 163 Å². The second kappa shape index (κ2) is 10.5. The number of carbonyl (C=O) groups excluding carboxylic acids is 1. The van der Waals surface area contributed by atoms with Crippen LogP contribution in [0.2, 0.25) is 0 Å². The number of hydrogen-bond acceptors (Lipinski definition) is 2. The molecular formula is C23H35N3O. The van der Waals surface area contributed by atoms with Crippen LogP contribution in [0.15, 0.2) is 24.3 Å². The summed E-state index contributed by atoms with van der Waals surface area (Å²) in [4.78, 5) is 16.8. The molecule has 0 spiro atoms. The number of benzene rings is 1. The lowest BCUT2D eigenvalue weighted by Crippen LogP contribution is -2.26. The van der Waals surface area contributed by atoms with Gasteiger partial charge in [-0.25, -0.2) is 4.98 Å². The van der Waals surface area contributed by atoms with Gasteiger partial charge in [-0.15, -0.1) is 0 Å². The molecule has 1 aromatic carbocycles. The highest BCUT2D eigenvalue weighted by Crippen LogP contribution is 2.29. The summed E-state index contributed by atoms with van der Waals surface area (Å²) in [5.74, 6) is 1.43. The van der Waals surface area contributed by atoms with Crippen LogP contribution < -0.4 is 5.32 Å². The Morgan fingerprint density at radius 2 is 1.70 bits per heavy atom. The van der Waals surface area contributed by atoms with E-state index in [9.17, 15) is 4.79 Å². The second-order valence-corrected chi connectivity index (χ2v) is 7.99. The summed E-state index contributed by atoms with van der Waals surface area (Å²) in [7, 11) is 0. The predicted molar refractivity (Wildman–Crippen MR) is 112 cm³/mol. The van der Waals surface area contributed by atoms with Gasteiger partial charge in [-0.3, -0.25) is 4.79 Å². The van der Waals surface area contributed by atoms with Gasteiger partial charge in [0.1, 0.15) is 5.82 Å². The summed E-state index contributed by atoms with van der Waals surface area (Å²) in [6.07, 6.45) is 14.1. The fourth-order valence-corrected chi connectivity index (χ4v) is 3.75. The SMILES string of the molecule is CCCCCCCCCCCn1c(CNC(=O)C2CC2)nc2ccccc21. The molecule has 0 radical (unpaired) electrons. The van der Waals surface area contributed by atoms with Crippen molar-refractivity contribution in [2.45, 2.75) is 90.6 Å². The number of nitrogens with zero attached hydrogens (tertiary/aromatic N) is 2. The average Bonchev–Trinajstić information content (AvgIpc) is 3.48. The number of unbranched alkanes of at least 4 members (excludes halogenated alkanes) is 8. The molecular weight excluding hydrogens is 334 g/mol. The van der Waals surface area contributed by atoms with Gasteiger partial charge >= 0.3 is 0 Å². The molecule has 0 atom stereocenters. The van der Waals surface area contributed by atoms with E-state index in [4.69, 9.17) is 4.98 Å².